The van der Waals surface area contributed by atoms with Crippen molar-refractivity contribution < 1.29 is 8.76 Å². The summed E-state index contributed by atoms with van der Waals surface area (Å²) in [7, 11) is -0.664. The maximum absolute atomic E-state index is 11.5. The van der Waals surface area contributed by atoms with Gasteiger partial charge in [0, 0.05) is 13.1 Å². The number of hydrogen-bond donors (Lipinski definition) is 2. The Morgan fingerprint density at radius 3 is 2.72 bits per heavy atom. The van der Waals surface area contributed by atoms with Crippen LogP contribution in [0.1, 0.15) is 32.1 Å². The lowest BCUT2D eigenvalue weighted by molar-refractivity contribution is 0.277. The Morgan fingerprint density at radius 1 is 1.50 bits per heavy atom. The maximum atomic E-state index is 11.5. The third-order valence-corrected chi connectivity index (χ3v) is 5.52. The fourth-order valence-corrected chi connectivity index (χ4v) is 4.07. The first kappa shape index (κ1) is 14.0. The van der Waals surface area contributed by atoms with Crippen molar-refractivity contribution in [3.63, 3.8) is 0 Å². The zero-order valence-corrected chi connectivity index (χ0v) is 12.4. The molecule has 0 aromatic carbocycles. The van der Waals surface area contributed by atoms with Gasteiger partial charge >= 0.3 is 0 Å². The van der Waals surface area contributed by atoms with Gasteiger partial charge in [0.1, 0.15) is 0 Å². The van der Waals surface area contributed by atoms with Gasteiger partial charge in [-0.25, -0.2) is 0 Å². The molecule has 2 rings (SSSR count). The molecule has 1 aliphatic carbocycles. The Bertz CT molecular complexity index is 403. The van der Waals surface area contributed by atoms with Crippen molar-refractivity contribution in [1.82, 2.24) is 10.2 Å². The molecule has 0 radical (unpaired) electrons. The van der Waals surface area contributed by atoms with Gasteiger partial charge in [0.25, 0.3) is 0 Å². The van der Waals surface area contributed by atoms with E-state index in [0.717, 1.165) is 5.70 Å². The van der Waals surface area contributed by atoms with Crippen molar-refractivity contribution in [3.05, 3.63) is 11.8 Å². The summed E-state index contributed by atoms with van der Waals surface area (Å²) < 4.78 is 20.9. The molecule has 0 amide bonds. The summed E-state index contributed by atoms with van der Waals surface area (Å²) in [6.45, 7) is 0. The summed E-state index contributed by atoms with van der Waals surface area (Å²) in [6, 6.07) is 0.513. The van der Waals surface area contributed by atoms with Crippen molar-refractivity contribution in [2.75, 3.05) is 18.6 Å². The molecule has 1 atom stereocenters. The van der Waals surface area contributed by atoms with Crippen LogP contribution in [0.25, 0.3) is 0 Å². The third kappa shape index (κ3) is 3.52. The molecular formula is C12H21N2O2S2+. The van der Waals surface area contributed by atoms with E-state index in [2.05, 4.69) is 10.2 Å². The van der Waals surface area contributed by atoms with E-state index in [-0.39, 0.29) is 11.5 Å². The first-order chi connectivity index (χ1) is 8.48. The average molecular weight is 289 g/mol. The molecule has 1 saturated carbocycles. The van der Waals surface area contributed by atoms with E-state index in [4.69, 9.17) is 12.2 Å². The Kier molecular flexibility index (Phi) is 4.40. The zero-order chi connectivity index (χ0) is 13.2. The predicted octanol–water partition coefficient (Wildman–Crippen LogP) is 2.00. The highest BCUT2D eigenvalue weighted by Gasteiger charge is 2.32. The highest BCUT2D eigenvalue weighted by atomic mass is 32.3. The molecule has 18 heavy (non-hydrogen) atoms. The molecule has 0 aromatic heterocycles. The van der Waals surface area contributed by atoms with Crippen LogP contribution >= 0.6 is 12.2 Å². The number of nitrogens with one attached hydrogen (secondary N) is 1. The molecule has 102 valence electrons. The summed E-state index contributed by atoms with van der Waals surface area (Å²) >= 11 is 5.37. The van der Waals surface area contributed by atoms with E-state index in [1.165, 1.54) is 32.1 Å². The van der Waals surface area contributed by atoms with Crippen LogP contribution in [0, 0.1) is 0 Å². The maximum Gasteiger partial charge on any atom is 0.224 e. The highest BCUT2D eigenvalue weighted by Crippen LogP contribution is 2.22. The minimum absolute atomic E-state index is 0.200. The number of thiocarbonyl (C=S) groups is 1. The minimum Gasteiger partial charge on any atom is -0.349 e. The Labute approximate surface area is 115 Å². The lowest BCUT2D eigenvalue weighted by Gasteiger charge is -2.33. The molecule has 2 aliphatic rings. The van der Waals surface area contributed by atoms with Crippen LogP contribution in [0.2, 0.25) is 0 Å². The van der Waals surface area contributed by atoms with Crippen LogP contribution in [-0.2, 0) is 14.4 Å². The second-order valence-electron chi connectivity index (χ2n) is 5.15. The fourth-order valence-electron chi connectivity index (χ4n) is 2.54. The average Bonchev–Trinajstić information content (AvgIpc) is 2.68. The quantitative estimate of drug-likeness (QED) is 0.601. The topological polar surface area (TPSA) is 52.6 Å². The van der Waals surface area contributed by atoms with Gasteiger partial charge in [0.05, 0.1) is 5.70 Å². The molecular weight excluding hydrogens is 268 g/mol. The van der Waals surface area contributed by atoms with Crippen molar-refractivity contribution >= 4 is 27.5 Å². The van der Waals surface area contributed by atoms with Crippen LogP contribution in [0.15, 0.2) is 11.8 Å². The molecule has 1 heterocycles. The number of rotatable bonds is 2. The molecule has 0 saturated heterocycles. The van der Waals surface area contributed by atoms with E-state index in [9.17, 15) is 8.76 Å². The summed E-state index contributed by atoms with van der Waals surface area (Å²) in [6.07, 6.45) is 8.02. The summed E-state index contributed by atoms with van der Waals surface area (Å²) in [5, 5.41) is 3.78. The van der Waals surface area contributed by atoms with Crippen molar-refractivity contribution in [2.24, 2.45) is 0 Å². The van der Waals surface area contributed by atoms with Gasteiger partial charge in [0.2, 0.25) is 10.2 Å². The SMILES string of the molecule is CN(C(=S)NC1=CC[S+](=O)(O)C1)C1CCCCC1. The molecule has 1 unspecified atom stereocenters. The molecule has 4 nitrogen and oxygen atoms in total. The van der Waals surface area contributed by atoms with Gasteiger partial charge in [-0.1, -0.05) is 23.5 Å². The second kappa shape index (κ2) is 5.67. The van der Waals surface area contributed by atoms with Crippen molar-refractivity contribution in [2.45, 2.75) is 38.1 Å². The van der Waals surface area contributed by atoms with Gasteiger partial charge in [-0.05, 0) is 31.1 Å². The van der Waals surface area contributed by atoms with Gasteiger partial charge in [0.15, 0.2) is 16.6 Å². The van der Waals surface area contributed by atoms with Crippen LogP contribution in [0.3, 0.4) is 0 Å². The van der Waals surface area contributed by atoms with Gasteiger partial charge in [-0.2, -0.15) is 4.55 Å². The summed E-state index contributed by atoms with van der Waals surface area (Å²) in [5.74, 6) is 0.441. The van der Waals surface area contributed by atoms with E-state index in [1.54, 1.807) is 6.08 Å². The normalized spacial score (nSPS) is 28.9. The lowest BCUT2D eigenvalue weighted by Crippen LogP contribution is -2.44. The van der Waals surface area contributed by atoms with Gasteiger partial charge in [-0.3, -0.25) is 0 Å². The van der Waals surface area contributed by atoms with E-state index in [0.29, 0.717) is 11.2 Å². The van der Waals surface area contributed by atoms with Crippen LogP contribution in [0.5, 0.6) is 0 Å². The molecule has 1 aliphatic heterocycles. The van der Waals surface area contributed by atoms with E-state index >= 15 is 0 Å². The first-order valence-corrected chi connectivity index (χ1v) is 8.69. The van der Waals surface area contributed by atoms with Crippen LogP contribution in [-0.4, -0.2) is 39.2 Å². The number of hydrogen-bond acceptors (Lipinski definition) is 2. The summed E-state index contributed by atoms with van der Waals surface area (Å²) in [4.78, 5) is 2.10. The Morgan fingerprint density at radius 2 is 2.17 bits per heavy atom. The molecule has 0 bridgehead atoms. The Balaban J connectivity index is 1.86. The number of nitrogens with zero attached hydrogens (tertiary/aromatic N) is 1. The second-order valence-corrected chi connectivity index (χ2v) is 7.70. The largest absolute Gasteiger partial charge is 0.349 e. The van der Waals surface area contributed by atoms with E-state index in [1.807, 2.05) is 7.05 Å². The Hall–Kier alpha value is -0.460. The van der Waals surface area contributed by atoms with Crippen molar-refractivity contribution in [3.8, 4) is 0 Å². The molecule has 1 fully saturated rings. The first-order valence-electron chi connectivity index (χ1n) is 6.43. The van der Waals surface area contributed by atoms with Crippen LogP contribution < -0.4 is 5.32 Å². The summed E-state index contributed by atoms with van der Waals surface area (Å²) in [5.41, 5.74) is 0.787. The molecule has 0 spiro atoms. The third-order valence-electron chi connectivity index (χ3n) is 3.68. The highest BCUT2D eigenvalue weighted by molar-refractivity contribution is 7.98. The zero-order valence-electron chi connectivity index (χ0n) is 10.7. The smallest absolute Gasteiger partial charge is 0.224 e. The van der Waals surface area contributed by atoms with Gasteiger partial charge in [-0.15, -0.1) is 0 Å². The van der Waals surface area contributed by atoms with E-state index < -0.39 is 10.2 Å². The van der Waals surface area contributed by atoms with Gasteiger partial charge < -0.3 is 10.2 Å². The fraction of sp³-hybridized carbons (Fsp3) is 0.750. The minimum atomic E-state index is -2.67. The van der Waals surface area contributed by atoms with Crippen molar-refractivity contribution in [1.29, 1.82) is 0 Å². The molecule has 0 aromatic rings. The standard InChI is InChI=1S/C12H20N2O2S2/c1-14(11-5-3-2-4-6-11)12(17)13-10-7-8-18(15,16)9-10/h7,11H,2-6,8-9H2,1H3,(H-,13,15,16,17)/p+1. The predicted molar refractivity (Wildman–Crippen MR) is 78.9 cm³/mol. The molecule has 2 N–H and O–H groups in total. The van der Waals surface area contributed by atoms with Crippen LogP contribution in [0.4, 0.5) is 0 Å². The molecule has 6 heteroatoms. The lowest BCUT2D eigenvalue weighted by atomic mass is 9.95. The monoisotopic (exact) mass is 289 g/mol.